The van der Waals surface area contributed by atoms with E-state index in [1.165, 1.54) is 17.0 Å². The number of amides is 4. The van der Waals surface area contributed by atoms with Crippen molar-refractivity contribution in [1.82, 2.24) is 10.2 Å². The van der Waals surface area contributed by atoms with Crippen molar-refractivity contribution in [1.29, 1.82) is 0 Å². The van der Waals surface area contributed by atoms with Crippen molar-refractivity contribution in [2.45, 2.75) is 25.9 Å². The van der Waals surface area contributed by atoms with Crippen LogP contribution in [0.2, 0.25) is 0 Å². The van der Waals surface area contributed by atoms with E-state index in [0.717, 1.165) is 6.42 Å². The first-order valence-corrected chi connectivity index (χ1v) is 8.06. The molecule has 8 heteroatoms. The smallest absolute Gasteiger partial charge is 0.322 e. The van der Waals surface area contributed by atoms with Gasteiger partial charge in [-0.25, -0.2) is 14.0 Å². The first-order chi connectivity index (χ1) is 11.5. The topological polar surface area (TPSA) is 84.9 Å². The first kappa shape index (κ1) is 16.5. The molecule has 2 saturated heterocycles. The van der Waals surface area contributed by atoms with Gasteiger partial charge in [-0.2, -0.15) is 0 Å². The van der Waals surface area contributed by atoms with E-state index in [1.54, 1.807) is 11.8 Å². The zero-order chi connectivity index (χ0) is 17.3. The van der Waals surface area contributed by atoms with Gasteiger partial charge in [-0.05, 0) is 37.5 Å². The molecule has 7 nitrogen and oxygen atoms in total. The molecule has 1 aromatic carbocycles. The zero-order valence-corrected chi connectivity index (χ0v) is 13.5. The van der Waals surface area contributed by atoms with Crippen LogP contribution in [-0.4, -0.2) is 54.4 Å². The van der Waals surface area contributed by atoms with E-state index >= 15 is 0 Å². The minimum absolute atomic E-state index is 0.182. The van der Waals surface area contributed by atoms with Gasteiger partial charge in [-0.15, -0.1) is 0 Å². The highest BCUT2D eigenvalue weighted by Gasteiger charge is 2.28. The number of benzene rings is 1. The molecule has 4 amide bonds. The summed E-state index contributed by atoms with van der Waals surface area (Å²) in [6.07, 6.45) is 0.923. The third-order valence-corrected chi connectivity index (χ3v) is 4.43. The number of anilines is 2. The summed E-state index contributed by atoms with van der Waals surface area (Å²) in [6, 6.07) is 2.05. The second kappa shape index (κ2) is 6.64. The summed E-state index contributed by atoms with van der Waals surface area (Å²) in [4.78, 5) is 27.1. The summed E-state index contributed by atoms with van der Waals surface area (Å²) in [7, 11) is 0. The zero-order valence-electron chi connectivity index (χ0n) is 13.5. The summed E-state index contributed by atoms with van der Waals surface area (Å²) < 4.78 is 14.2. The number of urea groups is 2. The quantitative estimate of drug-likeness (QED) is 0.768. The predicted molar refractivity (Wildman–Crippen MR) is 87.7 cm³/mol. The summed E-state index contributed by atoms with van der Waals surface area (Å²) >= 11 is 0. The normalized spacial score (nSPS) is 21.0. The monoisotopic (exact) mass is 336 g/mol. The van der Waals surface area contributed by atoms with Crippen molar-refractivity contribution >= 4 is 23.4 Å². The van der Waals surface area contributed by atoms with Crippen molar-refractivity contribution in [3.05, 3.63) is 23.5 Å². The number of β-amino-alcohol motifs (C(OH)–C–C–N with tert-alkyl or cyclic N) is 1. The molecule has 2 aliphatic rings. The van der Waals surface area contributed by atoms with Crippen molar-refractivity contribution in [2.75, 3.05) is 36.4 Å². The molecule has 0 aromatic heterocycles. The summed E-state index contributed by atoms with van der Waals surface area (Å²) in [5.74, 6) is -0.504. The maximum Gasteiger partial charge on any atom is 0.322 e. The molecule has 0 spiro atoms. The van der Waals surface area contributed by atoms with Gasteiger partial charge in [0.25, 0.3) is 0 Å². The summed E-state index contributed by atoms with van der Waals surface area (Å²) in [5.41, 5.74) is 1.13. The van der Waals surface area contributed by atoms with Crippen molar-refractivity contribution in [2.24, 2.45) is 0 Å². The Labute approximate surface area is 139 Å². The number of aliphatic hydroxyl groups excluding tert-OH is 1. The average Bonchev–Trinajstić information content (AvgIpc) is 2.96. The molecule has 0 saturated carbocycles. The fourth-order valence-electron chi connectivity index (χ4n) is 3.15. The van der Waals surface area contributed by atoms with Crippen molar-refractivity contribution < 1.29 is 19.1 Å². The van der Waals surface area contributed by atoms with Crippen LogP contribution < -0.4 is 15.5 Å². The Hall–Kier alpha value is -2.35. The Balaban J connectivity index is 1.81. The number of carbonyl (C=O) groups is 2. The molecule has 0 bridgehead atoms. The fourth-order valence-corrected chi connectivity index (χ4v) is 3.15. The number of piperidine rings is 1. The number of likely N-dealkylation sites (tertiary alicyclic amines) is 1. The highest BCUT2D eigenvalue weighted by molar-refractivity contribution is 5.97. The van der Waals surface area contributed by atoms with Gasteiger partial charge < -0.3 is 20.6 Å². The number of aliphatic hydroxyl groups is 1. The van der Waals surface area contributed by atoms with E-state index in [2.05, 4.69) is 10.6 Å². The Morgan fingerprint density at radius 3 is 2.88 bits per heavy atom. The molecule has 1 atom stereocenters. The van der Waals surface area contributed by atoms with E-state index < -0.39 is 11.9 Å². The van der Waals surface area contributed by atoms with E-state index in [9.17, 15) is 19.1 Å². The summed E-state index contributed by atoms with van der Waals surface area (Å²) in [5, 5.41) is 15.1. The lowest BCUT2D eigenvalue weighted by Crippen LogP contribution is -2.44. The molecule has 3 rings (SSSR count). The van der Waals surface area contributed by atoms with Crippen LogP contribution in [0.25, 0.3) is 0 Å². The van der Waals surface area contributed by atoms with Gasteiger partial charge >= 0.3 is 12.1 Å². The molecule has 130 valence electrons. The van der Waals surface area contributed by atoms with Gasteiger partial charge in [0.15, 0.2) is 0 Å². The molecule has 2 aliphatic heterocycles. The Morgan fingerprint density at radius 1 is 1.42 bits per heavy atom. The van der Waals surface area contributed by atoms with Crippen LogP contribution in [0.1, 0.15) is 18.4 Å². The SMILES string of the molecule is Cc1c(NC(=O)N2CCCC(O)C2)ccc(F)c1N1CCNC1=O. The predicted octanol–water partition coefficient (Wildman–Crippen LogP) is 1.65. The van der Waals surface area contributed by atoms with E-state index in [4.69, 9.17) is 0 Å². The summed E-state index contributed by atoms with van der Waals surface area (Å²) in [6.45, 7) is 3.37. The molecule has 1 unspecified atom stereocenters. The average molecular weight is 336 g/mol. The third-order valence-electron chi connectivity index (χ3n) is 4.43. The molecule has 1 aromatic rings. The van der Waals surface area contributed by atoms with Crippen molar-refractivity contribution in [3.8, 4) is 0 Å². The van der Waals surface area contributed by atoms with Crippen LogP contribution in [-0.2, 0) is 0 Å². The van der Waals surface area contributed by atoms with Gasteiger partial charge in [-0.3, -0.25) is 4.90 Å². The number of halogens is 1. The van der Waals surface area contributed by atoms with Gasteiger partial charge in [0.2, 0.25) is 0 Å². The molecule has 24 heavy (non-hydrogen) atoms. The number of hydrogen-bond donors (Lipinski definition) is 3. The number of carbonyl (C=O) groups excluding carboxylic acids is 2. The van der Waals surface area contributed by atoms with Crippen LogP contribution in [0.4, 0.5) is 25.4 Å². The van der Waals surface area contributed by atoms with Gasteiger partial charge in [0.05, 0.1) is 11.8 Å². The van der Waals surface area contributed by atoms with Crippen molar-refractivity contribution in [3.63, 3.8) is 0 Å². The van der Waals surface area contributed by atoms with E-state index in [0.29, 0.717) is 37.3 Å². The molecular formula is C16H21FN4O3. The van der Waals surface area contributed by atoms with Crippen LogP contribution in [0.3, 0.4) is 0 Å². The number of rotatable bonds is 2. The largest absolute Gasteiger partial charge is 0.391 e. The fraction of sp³-hybridized carbons (Fsp3) is 0.500. The van der Waals surface area contributed by atoms with Gasteiger partial charge in [0.1, 0.15) is 5.82 Å². The number of nitrogens with one attached hydrogen (secondary N) is 2. The minimum atomic E-state index is -0.511. The molecule has 3 N–H and O–H groups in total. The van der Waals surface area contributed by atoms with E-state index in [-0.39, 0.29) is 24.3 Å². The molecule has 0 radical (unpaired) electrons. The van der Waals surface area contributed by atoms with Crippen LogP contribution in [0, 0.1) is 12.7 Å². The number of hydrogen-bond acceptors (Lipinski definition) is 3. The van der Waals surface area contributed by atoms with Gasteiger partial charge in [-0.1, -0.05) is 0 Å². The lowest BCUT2D eigenvalue weighted by Gasteiger charge is -2.30. The second-order valence-corrected chi connectivity index (χ2v) is 6.12. The highest BCUT2D eigenvalue weighted by atomic mass is 19.1. The second-order valence-electron chi connectivity index (χ2n) is 6.12. The molecular weight excluding hydrogens is 315 g/mol. The number of nitrogens with zero attached hydrogens (tertiary/aromatic N) is 2. The van der Waals surface area contributed by atoms with Gasteiger partial charge in [0, 0.05) is 31.9 Å². The van der Waals surface area contributed by atoms with E-state index in [1.807, 2.05) is 0 Å². The lowest BCUT2D eigenvalue weighted by atomic mass is 10.1. The van der Waals surface area contributed by atoms with Crippen LogP contribution >= 0.6 is 0 Å². The molecule has 2 fully saturated rings. The third kappa shape index (κ3) is 3.14. The standard InChI is InChI=1S/C16H21FN4O3/c1-10-13(19-16(24)20-7-2-3-11(22)9-20)5-4-12(17)14(10)21-8-6-18-15(21)23/h4-5,11,22H,2-3,6-9H2,1H3,(H,18,23)(H,19,24). The van der Waals surface area contributed by atoms with Crippen LogP contribution in [0.5, 0.6) is 0 Å². The lowest BCUT2D eigenvalue weighted by molar-refractivity contribution is 0.0883. The minimum Gasteiger partial charge on any atom is -0.391 e. The van der Waals surface area contributed by atoms with Crippen LogP contribution in [0.15, 0.2) is 12.1 Å². The Morgan fingerprint density at radius 2 is 2.21 bits per heavy atom. The molecule has 0 aliphatic carbocycles. The maximum atomic E-state index is 14.2. The maximum absolute atomic E-state index is 14.2. The first-order valence-electron chi connectivity index (χ1n) is 8.06. The Bertz CT molecular complexity index is 667. The highest BCUT2D eigenvalue weighted by Crippen LogP contribution is 2.31. The Kier molecular flexibility index (Phi) is 4.57. The molecule has 2 heterocycles.